The van der Waals surface area contributed by atoms with E-state index in [-0.39, 0.29) is 28.6 Å². The van der Waals surface area contributed by atoms with E-state index in [1.54, 1.807) is 0 Å². The molecular weight excluding hydrogens is 485 g/mol. The lowest BCUT2D eigenvalue weighted by molar-refractivity contribution is -0.137. The summed E-state index contributed by atoms with van der Waals surface area (Å²) in [6.07, 6.45) is -4.53. The summed E-state index contributed by atoms with van der Waals surface area (Å²) in [6.45, 7) is 0.251. The van der Waals surface area contributed by atoms with Gasteiger partial charge in [0.15, 0.2) is 5.84 Å². The zero-order valence-corrected chi connectivity index (χ0v) is 18.4. The van der Waals surface area contributed by atoms with Crippen LogP contribution in [0.15, 0.2) is 41.6 Å². The summed E-state index contributed by atoms with van der Waals surface area (Å²) in [5.41, 5.74) is 5.84. The predicted octanol–water partition coefficient (Wildman–Crippen LogP) is 5.68. The number of likely N-dealkylation sites (tertiary alicyclic amines) is 1. The van der Waals surface area contributed by atoms with Gasteiger partial charge in [-0.2, -0.15) is 13.2 Å². The number of hydrogen-bond donors (Lipinski definition) is 2. The van der Waals surface area contributed by atoms with Crippen molar-refractivity contribution >= 4 is 23.3 Å². The molecule has 0 saturated carbocycles. The standard InChI is InChI=1S/C21H19ClF5N5O2/c1-11-7-20(23,24)10-32(19(33)15-6-13(22)3-4-14(15)18(28)31-29)16(11)9-34-17-5-2-12(8-30-17)21(25,26)27/h2-6,8,11,16,28-29H,7,9-10H2,1H3/t11-,16-/m1/s1. The number of nitrogens with zero attached hydrogens (tertiary/aromatic N) is 3. The van der Waals surface area contributed by atoms with Crippen molar-refractivity contribution in [1.82, 2.24) is 9.88 Å². The molecule has 1 amide bonds. The quantitative estimate of drug-likeness (QED) is 0.237. The Morgan fingerprint density at radius 1 is 1.29 bits per heavy atom. The highest BCUT2D eigenvalue weighted by Crippen LogP contribution is 2.36. The van der Waals surface area contributed by atoms with Crippen molar-refractivity contribution in [2.24, 2.45) is 11.0 Å². The first-order chi connectivity index (χ1) is 15.8. The van der Waals surface area contributed by atoms with Crippen LogP contribution in [-0.4, -0.2) is 46.7 Å². The van der Waals surface area contributed by atoms with Gasteiger partial charge in [0.25, 0.3) is 11.8 Å². The van der Waals surface area contributed by atoms with Crippen LogP contribution >= 0.6 is 11.6 Å². The smallest absolute Gasteiger partial charge is 0.417 e. The molecule has 2 N–H and O–H groups in total. The summed E-state index contributed by atoms with van der Waals surface area (Å²) >= 11 is 5.97. The number of carbonyl (C=O) groups excluding carboxylic acids is 1. The lowest BCUT2D eigenvalue weighted by Crippen LogP contribution is -2.57. The molecule has 7 nitrogen and oxygen atoms in total. The van der Waals surface area contributed by atoms with Crippen molar-refractivity contribution in [3.63, 3.8) is 0 Å². The molecule has 1 fully saturated rings. The summed E-state index contributed by atoms with van der Waals surface area (Å²) < 4.78 is 72.5. The molecule has 1 aliphatic heterocycles. The first kappa shape index (κ1) is 25.5. The number of hydrogen-bond acceptors (Lipinski definition) is 5. The predicted molar refractivity (Wildman–Crippen MR) is 112 cm³/mol. The van der Waals surface area contributed by atoms with Crippen LogP contribution in [0.2, 0.25) is 5.02 Å². The Hall–Kier alpha value is -3.15. The van der Waals surface area contributed by atoms with Crippen LogP contribution in [0.4, 0.5) is 22.0 Å². The largest absolute Gasteiger partial charge is 0.475 e. The van der Waals surface area contributed by atoms with Gasteiger partial charge in [0, 0.05) is 29.3 Å². The van der Waals surface area contributed by atoms with Gasteiger partial charge in [0.2, 0.25) is 5.88 Å². The lowest BCUT2D eigenvalue weighted by Gasteiger charge is -2.43. The van der Waals surface area contributed by atoms with Gasteiger partial charge < -0.3 is 9.64 Å². The highest BCUT2D eigenvalue weighted by Gasteiger charge is 2.47. The molecule has 0 unspecified atom stereocenters. The molecule has 2 heterocycles. The molecule has 182 valence electrons. The van der Waals surface area contributed by atoms with E-state index in [0.29, 0.717) is 6.20 Å². The van der Waals surface area contributed by atoms with Gasteiger partial charge in [0.05, 0.1) is 23.7 Å². The van der Waals surface area contributed by atoms with Gasteiger partial charge in [-0.15, -0.1) is 5.11 Å². The topological polar surface area (TPSA) is 102 Å². The highest BCUT2D eigenvalue weighted by molar-refractivity contribution is 6.31. The number of rotatable bonds is 5. The van der Waals surface area contributed by atoms with Gasteiger partial charge in [-0.3, -0.25) is 10.2 Å². The number of piperidine rings is 1. The van der Waals surface area contributed by atoms with Crippen molar-refractivity contribution < 1.29 is 31.5 Å². The number of pyridine rings is 1. The van der Waals surface area contributed by atoms with E-state index in [2.05, 4.69) is 10.1 Å². The molecule has 13 heteroatoms. The summed E-state index contributed by atoms with van der Waals surface area (Å²) in [7, 11) is 0. The van der Waals surface area contributed by atoms with Crippen LogP contribution in [0, 0.1) is 16.9 Å². The maximum absolute atomic E-state index is 14.4. The normalized spacial score (nSPS) is 20.0. The number of amides is 1. The second-order valence-corrected chi connectivity index (χ2v) is 8.32. The average molecular weight is 504 g/mol. The lowest BCUT2D eigenvalue weighted by atomic mass is 9.88. The Bertz CT molecular complexity index is 1090. The van der Waals surface area contributed by atoms with Gasteiger partial charge in [-0.25, -0.2) is 19.3 Å². The molecule has 1 aliphatic rings. The fourth-order valence-corrected chi connectivity index (χ4v) is 3.91. The fraction of sp³-hybridized carbons (Fsp3) is 0.381. The molecule has 1 aromatic carbocycles. The van der Waals surface area contributed by atoms with E-state index in [1.807, 2.05) is 0 Å². The monoisotopic (exact) mass is 503 g/mol. The minimum atomic E-state index is -4.58. The van der Waals surface area contributed by atoms with Crippen LogP contribution < -0.4 is 4.74 Å². The van der Waals surface area contributed by atoms with E-state index in [0.717, 1.165) is 17.0 Å². The molecule has 3 rings (SSSR count). The number of aromatic nitrogens is 1. The van der Waals surface area contributed by atoms with E-state index < -0.39 is 54.3 Å². The van der Waals surface area contributed by atoms with Crippen LogP contribution in [0.5, 0.6) is 5.88 Å². The van der Waals surface area contributed by atoms with Gasteiger partial charge in [-0.1, -0.05) is 18.5 Å². The van der Waals surface area contributed by atoms with Crippen molar-refractivity contribution in [2.45, 2.75) is 31.5 Å². The minimum absolute atomic E-state index is 0.0602. The molecular formula is C21H19ClF5N5O2. The zero-order valence-electron chi connectivity index (χ0n) is 17.7. The van der Waals surface area contributed by atoms with Crippen molar-refractivity contribution in [3.05, 3.63) is 58.2 Å². The number of amidine groups is 1. The second kappa shape index (κ2) is 9.61. The van der Waals surface area contributed by atoms with Crippen molar-refractivity contribution in [3.8, 4) is 5.88 Å². The maximum atomic E-state index is 14.4. The Balaban J connectivity index is 1.89. The van der Waals surface area contributed by atoms with Crippen molar-refractivity contribution in [1.29, 1.82) is 10.9 Å². The van der Waals surface area contributed by atoms with E-state index in [4.69, 9.17) is 27.3 Å². The molecule has 0 radical (unpaired) electrons. The summed E-state index contributed by atoms with van der Waals surface area (Å²) in [5, 5.41) is 10.9. The Morgan fingerprint density at radius 3 is 2.59 bits per heavy atom. The SMILES string of the molecule is C[C@@H]1CC(F)(F)CN(C(=O)c2cc(Cl)ccc2C(=N)N=N)[C@@H]1COc1ccc(C(F)(F)F)cn1. The maximum Gasteiger partial charge on any atom is 0.417 e. The van der Waals surface area contributed by atoms with Crippen LogP contribution in [0.25, 0.3) is 0 Å². The number of ether oxygens (including phenoxy) is 1. The Kier molecular flexibility index (Phi) is 7.20. The highest BCUT2D eigenvalue weighted by atomic mass is 35.5. The summed E-state index contributed by atoms with van der Waals surface area (Å²) in [5.74, 6) is -5.54. The molecule has 0 aliphatic carbocycles. The van der Waals surface area contributed by atoms with Crippen molar-refractivity contribution in [2.75, 3.05) is 13.2 Å². The third-order valence-corrected chi connectivity index (χ3v) is 5.62. The minimum Gasteiger partial charge on any atom is -0.475 e. The zero-order chi connectivity index (χ0) is 25.3. The van der Waals surface area contributed by atoms with Gasteiger partial charge in [0.1, 0.15) is 6.61 Å². The van der Waals surface area contributed by atoms with Gasteiger partial charge in [-0.05, 0) is 30.2 Å². The Morgan fingerprint density at radius 2 is 2.00 bits per heavy atom. The second-order valence-electron chi connectivity index (χ2n) is 7.88. The molecule has 34 heavy (non-hydrogen) atoms. The third-order valence-electron chi connectivity index (χ3n) is 5.38. The number of benzene rings is 1. The van der Waals surface area contributed by atoms with Crippen LogP contribution in [0.1, 0.15) is 34.8 Å². The molecule has 2 aromatic rings. The van der Waals surface area contributed by atoms with Gasteiger partial charge >= 0.3 is 6.18 Å². The number of nitrogens with one attached hydrogen (secondary N) is 2. The molecule has 1 aromatic heterocycles. The molecule has 0 bridgehead atoms. The Labute approximate surface area is 195 Å². The first-order valence-electron chi connectivity index (χ1n) is 9.93. The van der Waals surface area contributed by atoms with E-state index >= 15 is 0 Å². The van der Waals surface area contributed by atoms with E-state index in [1.165, 1.54) is 25.1 Å². The molecule has 1 saturated heterocycles. The number of alkyl halides is 5. The summed E-state index contributed by atoms with van der Waals surface area (Å²) in [6, 6.07) is 4.76. The van der Waals surface area contributed by atoms with Crippen LogP contribution in [-0.2, 0) is 6.18 Å². The fourth-order valence-electron chi connectivity index (χ4n) is 3.74. The van der Waals surface area contributed by atoms with E-state index in [9.17, 15) is 26.7 Å². The number of carbonyl (C=O) groups is 1. The molecule has 2 atom stereocenters. The third kappa shape index (κ3) is 5.66. The van der Waals surface area contributed by atoms with Crippen LogP contribution in [0.3, 0.4) is 0 Å². The number of halogens is 6. The summed E-state index contributed by atoms with van der Waals surface area (Å²) in [4.78, 5) is 17.8. The average Bonchev–Trinajstić information content (AvgIpc) is 2.76. The first-order valence-corrected chi connectivity index (χ1v) is 10.3. The molecule has 0 spiro atoms.